The molecule has 1 aromatic carbocycles. The minimum Gasteiger partial charge on any atom is -0.493 e. The Kier molecular flexibility index (Phi) is 5.26. The number of hydrogen-bond acceptors (Lipinski definition) is 3. The molecule has 0 heterocycles. The summed E-state index contributed by atoms with van der Waals surface area (Å²) in [5, 5.41) is 0. The highest BCUT2D eigenvalue weighted by molar-refractivity contribution is 7.98. The Hall–Kier alpha value is -0.960. The van der Waals surface area contributed by atoms with Gasteiger partial charge in [-0.2, -0.15) is 11.8 Å². The standard InChI is InChI=1S/C12H16O2S/c1-10(13)9-11-3-5-12(6-4-11)14-7-8-15-2/h3-6H,7-9H2,1-2H3. The smallest absolute Gasteiger partial charge is 0.134 e. The predicted octanol–water partition coefficient (Wildman–Crippen LogP) is 2.56. The molecule has 3 heteroatoms. The van der Waals surface area contributed by atoms with E-state index in [1.165, 1.54) is 0 Å². The number of ether oxygens (including phenoxy) is 1. The third-order valence-electron chi connectivity index (χ3n) is 1.93. The number of carbonyl (C=O) groups excluding carboxylic acids is 1. The van der Waals surface area contributed by atoms with Crippen molar-refractivity contribution < 1.29 is 9.53 Å². The highest BCUT2D eigenvalue weighted by atomic mass is 32.2. The Bertz CT molecular complexity index is 306. The molecule has 0 spiro atoms. The van der Waals surface area contributed by atoms with Gasteiger partial charge in [-0.05, 0) is 30.9 Å². The van der Waals surface area contributed by atoms with Gasteiger partial charge in [0.05, 0.1) is 6.61 Å². The topological polar surface area (TPSA) is 26.3 Å². The zero-order valence-corrected chi connectivity index (χ0v) is 9.97. The number of thioether (sulfide) groups is 1. The van der Waals surface area contributed by atoms with Gasteiger partial charge in [-0.1, -0.05) is 12.1 Å². The molecule has 0 aromatic heterocycles. The first-order chi connectivity index (χ1) is 7.22. The van der Waals surface area contributed by atoms with Crippen molar-refractivity contribution in [1.29, 1.82) is 0 Å². The Balaban J connectivity index is 2.45. The van der Waals surface area contributed by atoms with Crippen molar-refractivity contribution in [1.82, 2.24) is 0 Å². The van der Waals surface area contributed by atoms with Crippen LogP contribution in [0.15, 0.2) is 24.3 Å². The van der Waals surface area contributed by atoms with Crippen LogP contribution in [0.5, 0.6) is 5.75 Å². The Morgan fingerprint density at radius 3 is 2.53 bits per heavy atom. The van der Waals surface area contributed by atoms with E-state index in [1.54, 1.807) is 18.7 Å². The van der Waals surface area contributed by atoms with Crippen molar-refractivity contribution in [2.24, 2.45) is 0 Å². The molecule has 0 unspecified atom stereocenters. The molecule has 0 aliphatic heterocycles. The van der Waals surface area contributed by atoms with Crippen LogP contribution < -0.4 is 4.74 Å². The normalized spacial score (nSPS) is 10.0. The van der Waals surface area contributed by atoms with E-state index in [2.05, 4.69) is 6.26 Å². The number of Topliss-reactive ketones (excluding diaryl/α,β-unsaturated/α-hetero) is 1. The second kappa shape index (κ2) is 6.51. The van der Waals surface area contributed by atoms with Gasteiger partial charge in [0, 0.05) is 12.2 Å². The van der Waals surface area contributed by atoms with E-state index in [1.807, 2.05) is 24.3 Å². The lowest BCUT2D eigenvalue weighted by Crippen LogP contribution is -2.00. The van der Waals surface area contributed by atoms with Crippen molar-refractivity contribution in [2.45, 2.75) is 13.3 Å². The van der Waals surface area contributed by atoms with Crippen LogP contribution >= 0.6 is 11.8 Å². The fourth-order valence-electron chi connectivity index (χ4n) is 1.23. The fraction of sp³-hybridized carbons (Fsp3) is 0.417. The number of rotatable bonds is 6. The van der Waals surface area contributed by atoms with Gasteiger partial charge in [-0.3, -0.25) is 4.79 Å². The van der Waals surface area contributed by atoms with Crippen molar-refractivity contribution >= 4 is 17.5 Å². The second-order valence-corrected chi connectivity index (χ2v) is 4.35. The van der Waals surface area contributed by atoms with E-state index in [-0.39, 0.29) is 5.78 Å². The molecule has 1 rings (SSSR count). The second-order valence-electron chi connectivity index (χ2n) is 3.36. The maximum Gasteiger partial charge on any atom is 0.134 e. The van der Waals surface area contributed by atoms with E-state index in [0.717, 1.165) is 23.7 Å². The van der Waals surface area contributed by atoms with Crippen LogP contribution in [0.3, 0.4) is 0 Å². The van der Waals surface area contributed by atoms with Crippen LogP contribution in [0.25, 0.3) is 0 Å². The van der Waals surface area contributed by atoms with E-state index in [0.29, 0.717) is 6.42 Å². The molecular weight excluding hydrogens is 208 g/mol. The molecule has 0 bridgehead atoms. The zero-order valence-electron chi connectivity index (χ0n) is 9.16. The Morgan fingerprint density at radius 2 is 2.00 bits per heavy atom. The summed E-state index contributed by atoms with van der Waals surface area (Å²) in [6.07, 6.45) is 2.56. The van der Waals surface area contributed by atoms with Crippen molar-refractivity contribution in [3.8, 4) is 5.75 Å². The molecule has 1 aromatic rings. The number of carbonyl (C=O) groups is 1. The SMILES string of the molecule is CSCCOc1ccc(CC(C)=O)cc1. The van der Waals surface area contributed by atoms with Crippen molar-refractivity contribution in [3.05, 3.63) is 29.8 Å². The number of ketones is 1. The van der Waals surface area contributed by atoms with Gasteiger partial charge >= 0.3 is 0 Å². The lowest BCUT2D eigenvalue weighted by molar-refractivity contribution is -0.116. The van der Waals surface area contributed by atoms with Gasteiger partial charge in [-0.15, -0.1) is 0 Å². The van der Waals surface area contributed by atoms with E-state index in [9.17, 15) is 4.79 Å². The van der Waals surface area contributed by atoms with E-state index in [4.69, 9.17) is 4.74 Å². The molecule has 2 nitrogen and oxygen atoms in total. The highest BCUT2D eigenvalue weighted by Crippen LogP contribution is 2.13. The van der Waals surface area contributed by atoms with Gasteiger partial charge in [0.15, 0.2) is 0 Å². The first-order valence-corrected chi connectivity index (χ1v) is 6.32. The molecular formula is C12H16O2S. The molecule has 0 atom stereocenters. The first kappa shape index (κ1) is 12.1. The fourth-order valence-corrected chi connectivity index (χ4v) is 1.48. The first-order valence-electron chi connectivity index (χ1n) is 4.92. The monoisotopic (exact) mass is 224 g/mol. The molecule has 82 valence electrons. The Morgan fingerprint density at radius 1 is 1.33 bits per heavy atom. The van der Waals surface area contributed by atoms with Crippen LogP contribution in [0.4, 0.5) is 0 Å². The minimum absolute atomic E-state index is 0.186. The maximum absolute atomic E-state index is 10.9. The lowest BCUT2D eigenvalue weighted by Gasteiger charge is -2.05. The summed E-state index contributed by atoms with van der Waals surface area (Å²) >= 11 is 1.76. The molecule has 0 saturated carbocycles. The summed E-state index contributed by atoms with van der Waals surface area (Å²) in [5.41, 5.74) is 1.04. The van der Waals surface area contributed by atoms with Crippen LogP contribution in [0.1, 0.15) is 12.5 Å². The third-order valence-corrected chi connectivity index (χ3v) is 2.51. The van der Waals surface area contributed by atoms with Crippen molar-refractivity contribution in [2.75, 3.05) is 18.6 Å². The molecule has 0 saturated heterocycles. The van der Waals surface area contributed by atoms with Gasteiger partial charge < -0.3 is 4.74 Å². The van der Waals surface area contributed by atoms with Crippen LogP contribution in [-0.4, -0.2) is 24.4 Å². The quantitative estimate of drug-likeness (QED) is 0.695. The number of benzene rings is 1. The third kappa shape index (κ3) is 4.88. The van der Waals surface area contributed by atoms with Crippen LogP contribution in [0, 0.1) is 0 Å². The Labute approximate surface area is 95.0 Å². The summed E-state index contributed by atoms with van der Waals surface area (Å²) in [4.78, 5) is 10.9. The van der Waals surface area contributed by atoms with Crippen LogP contribution in [-0.2, 0) is 11.2 Å². The zero-order chi connectivity index (χ0) is 11.1. The summed E-state index contributed by atoms with van der Waals surface area (Å²) in [7, 11) is 0. The van der Waals surface area contributed by atoms with E-state index < -0.39 is 0 Å². The highest BCUT2D eigenvalue weighted by Gasteiger charge is 1.98. The molecule has 0 radical (unpaired) electrons. The van der Waals surface area contributed by atoms with Gasteiger partial charge in [0.1, 0.15) is 11.5 Å². The molecule has 0 aliphatic rings. The average molecular weight is 224 g/mol. The minimum atomic E-state index is 0.186. The van der Waals surface area contributed by atoms with Gasteiger partial charge in [0.25, 0.3) is 0 Å². The largest absolute Gasteiger partial charge is 0.493 e. The summed E-state index contributed by atoms with van der Waals surface area (Å²) in [5.74, 6) is 2.05. The predicted molar refractivity (Wildman–Crippen MR) is 64.7 cm³/mol. The molecule has 0 aliphatic carbocycles. The molecule has 15 heavy (non-hydrogen) atoms. The summed E-state index contributed by atoms with van der Waals surface area (Å²) in [6.45, 7) is 2.33. The number of hydrogen-bond donors (Lipinski definition) is 0. The summed E-state index contributed by atoms with van der Waals surface area (Å²) in [6, 6.07) is 7.71. The van der Waals surface area contributed by atoms with E-state index >= 15 is 0 Å². The molecule has 0 fully saturated rings. The molecule has 0 N–H and O–H groups in total. The van der Waals surface area contributed by atoms with Gasteiger partial charge in [-0.25, -0.2) is 0 Å². The molecule has 0 amide bonds. The lowest BCUT2D eigenvalue weighted by atomic mass is 10.1. The summed E-state index contributed by atoms with van der Waals surface area (Å²) < 4.78 is 5.50. The maximum atomic E-state index is 10.9. The average Bonchev–Trinajstić information content (AvgIpc) is 2.20. The van der Waals surface area contributed by atoms with Crippen LogP contribution in [0.2, 0.25) is 0 Å². The van der Waals surface area contributed by atoms with Gasteiger partial charge in [0.2, 0.25) is 0 Å². The van der Waals surface area contributed by atoms with Crippen molar-refractivity contribution in [3.63, 3.8) is 0 Å².